The molecule has 0 saturated carbocycles. The molecule has 1 atom stereocenters. The van der Waals surface area contributed by atoms with E-state index in [0.29, 0.717) is 0 Å². The second-order valence-corrected chi connectivity index (χ2v) is 6.18. The molecule has 108 valence electrons. The Morgan fingerprint density at radius 3 is 2.67 bits per heavy atom. The van der Waals surface area contributed by atoms with E-state index < -0.39 is 0 Å². The van der Waals surface area contributed by atoms with Crippen molar-refractivity contribution >= 4 is 26.9 Å². The van der Waals surface area contributed by atoms with Crippen LogP contribution in [-0.4, -0.2) is 7.05 Å². The number of benzene rings is 2. The predicted molar refractivity (Wildman–Crippen MR) is 90.7 cm³/mol. The minimum Gasteiger partial charge on any atom is -0.459 e. The molecule has 3 rings (SSSR count). The monoisotopic (exact) mass is 343 g/mol. The summed E-state index contributed by atoms with van der Waals surface area (Å²) in [7, 11) is 1.96. The van der Waals surface area contributed by atoms with Crippen LogP contribution in [0.2, 0.25) is 0 Å². The molecule has 0 radical (unpaired) electrons. The zero-order chi connectivity index (χ0) is 15.0. The summed E-state index contributed by atoms with van der Waals surface area (Å²) in [5, 5.41) is 4.50. The lowest BCUT2D eigenvalue weighted by molar-refractivity contribution is 0.490. The lowest BCUT2D eigenvalue weighted by atomic mass is 10.0. The van der Waals surface area contributed by atoms with Gasteiger partial charge >= 0.3 is 0 Å². The topological polar surface area (TPSA) is 25.2 Å². The quantitative estimate of drug-likeness (QED) is 0.713. The van der Waals surface area contributed by atoms with Gasteiger partial charge < -0.3 is 9.73 Å². The number of furan rings is 1. The molecule has 0 spiro atoms. The van der Waals surface area contributed by atoms with E-state index in [4.69, 9.17) is 4.42 Å². The van der Waals surface area contributed by atoms with Crippen LogP contribution in [0, 0.1) is 13.8 Å². The van der Waals surface area contributed by atoms with E-state index >= 15 is 0 Å². The average Bonchev–Trinajstić information content (AvgIpc) is 2.87. The van der Waals surface area contributed by atoms with E-state index in [1.165, 1.54) is 16.7 Å². The van der Waals surface area contributed by atoms with Crippen LogP contribution in [0.5, 0.6) is 0 Å². The summed E-state index contributed by atoms with van der Waals surface area (Å²) in [5.41, 5.74) is 4.58. The van der Waals surface area contributed by atoms with E-state index in [1.54, 1.807) is 0 Å². The SMILES string of the molecule is CNC(c1cc2cc(C)ccc2o1)c1cccc(C)c1Br. The largest absolute Gasteiger partial charge is 0.459 e. The minimum atomic E-state index is 0.0342. The van der Waals surface area contributed by atoms with Gasteiger partial charge in [-0.15, -0.1) is 0 Å². The molecule has 3 heteroatoms. The average molecular weight is 344 g/mol. The van der Waals surface area contributed by atoms with Crippen molar-refractivity contribution in [2.24, 2.45) is 0 Å². The summed E-state index contributed by atoms with van der Waals surface area (Å²) in [6.45, 7) is 4.20. The molecule has 0 aliphatic heterocycles. The predicted octanol–water partition coefficient (Wildman–Crippen LogP) is 5.12. The van der Waals surface area contributed by atoms with Crippen molar-refractivity contribution in [3.8, 4) is 0 Å². The molecule has 21 heavy (non-hydrogen) atoms. The molecule has 1 N–H and O–H groups in total. The van der Waals surface area contributed by atoms with Gasteiger partial charge in [-0.05, 0) is 50.2 Å². The van der Waals surface area contributed by atoms with Crippen LogP contribution in [0.4, 0.5) is 0 Å². The Morgan fingerprint density at radius 1 is 1.10 bits per heavy atom. The lowest BCUT2D eigenvalue weighted by Gasteiger charge is -2.16. The third-order valence-corrected chi connectivity index (χ3v) is 4.88. The van der Waals surface area contributed by atoms with E-state index in [0.717, 1.165) is 21.2 Å². The molecule has 1 aromatic heterocycles. The van der Waals surface area contributed by atoms with Gasteiger partial charge in [0, 0.05) is 9.86 Å². The van der Waals surface area contributed by atoms with Crippen LogP contribution < -0.4 is 5.32 Å². The highest BCUT2D eigenvalue weighted by Crippen LogP contribution is 2.33. The molecule has 0 fully saturated rings. The Morgan fingerprint density at radius 2 is 1.90 bits per heavy atom. The Labute approximate surface area is 133 Å². The van der Waals surface area contributed by atoms with Gasteiger partial charge in [0.1, 0.15) is 11.3 Å². The molecule has 0 amide bonds. The molecular weight excluding hydrogens is 326 g/mol. The Balaban J connectivity index is 2.11. The Kier molecular flexibility index (Phi) is 3.87. The second-order valence-electron chi connectivity index (χ2n) is 5.39. The summed E-state index contributed by atoms with van der Waals surface area (Å²) < 4.78 is 7.17. The number of aryl methyl sites for hydroxylation is 2. The third-order valence-electron chi connectivity index (χ3n) is 3.80. The first-order valence-electron chi connectivity index (χ1n) is 7.02. The van der Waals surface area contributed by atoms with Gasteiger partial charge in [-0.2, -0.15) is 0 Å². The number of fused-ring (bicyclic) bond motifs is 1. The molecule has 0 aliphatic rings. The maximum absolute atomic E-state index is 6.04. The van der Waals surface area contributed by atoms with Crippen molar-refractivity contribution in [3.05, 3.63) is 69.4 Å². The van der Waals surface area contributed by atoms with Crippen LogP contribution in [-0.2, 0) is 0 Å². The smallest absolute Gasteiger partial charge is 0.134 e. The second kappa shape index (κ2) is 5.66. The molecule has 0 aliphatic carbocycles. The first-order valence-corrected chi connectivity index (χ1v) is 7.82. The van der Waals surface area contributed by atoms with Gasteiger partial charge in [0.2, 0.25) is 0 Å². The molecule has 0 saturated heterocycles. The van der Waals surface area contributed by atoms with Crippen LogP contribution in [0.15, 0.2) is 51.4 Å². The zero-order valence-corrected chi connectivity index (χ0v) is 14.0. The third kappa shape index (κ3) is 2.63. The number of hydrogen-bond acceptors (Lipinski definition) is 2. The Bertz CT molecular complexity index is 791. The van der Waals surface area contributed by atoms with Crippen LogP contribution >= 0.6 is 15.9 Å². The van der Waals surface area contributed by atoms with Crippen molar-refractivity contribution < 1.29 is 4.42 Å². The summed E-state index contributed by atoms with van der Waals surface area (Å²) in [6, 6.07) is 14.7. The maximum Gasteiger partial charge on any atom is 0.134 e. The maximum atomic E-state index is 6.04. The van der Waals surface area contributed by atoms with Crippen LogP contribution in [0.3, 0.4) is 0 Å². The van der Waals surface area contributed by atoms with Gasteiger partial charge in [-0.1, -0.05) is 45.8 Å². The van der Waals surface area contributed by atoms with Gasteiger partial charge in [0.15, 0.2) is 0 Å². The molecule has 2 nitrogen and oxygen atoms in total. The van der Waals surface area contributed by atoms with Gasteiger partial charge in [-0.3, -0.25) is 0 Å². The van der Waals surface area contributed by atoms with Crippen molar-refractivity contribution in [1.29, 1.82) is 0 Å². The van der Waals surface area contributed by atoms with E-state index in [9.17, 15) is 0 Å². The number of hydrogen-bond donors (Lipinski definition) is 1. The van der Waals surface area contributed by atoms with Crippen molar-refractivity contribution in [2.45, 2.75) is 19.9 Å². The van der Waals surface area contributed by atoms with Crippen molar-refractivity contribution in [2.75, 3.05) is 7.05 Å². The van der Waals surface area contributed by atoms with Crippen molar-refractivity contribution in [3.63, 3.8) is 0 Å². The van der Waals surface area contributed by atoms with E-state index in [2.05, 4.69) is 71.5 Å². The van der Waals surface area contributed by atoms with E-state index in [1.807, 2.05) is 13.1 Å². The fraction of sp³-hybridized carbons (Fsp3) is 0.222. The first-order chi connectivity index (χ1) is 10.1. The summed E-state index contributed by atoms with van der Waals surface area (Å²) >= 11 is 3.69. The molecular formula is C18H18BrNO. The summed E-state index contributed by atoms with van der Waals surface area (Å²) in [4.78, 5) is 0. The number of nitrogens with one attached hydrogen (secondary N) is 1. The highest BCUT2D eigenvalue weighted by atomic mass is 79.9. The van der Waals surface area contributed by atoms with E-state index in [-0.39, 0.29) is 6.04 Å². The highest BCUT2D eigenvalue weighted by molar-refractivity contribution is 9.10. The molecule has 1 unspecified atom stereocenters. The van der Waals surface area contributed by atoms with Gasteiger partial charge in [0.05, 0.1) is 6.04 Å². The molecule has 3 aromatic rings. The minimum absolute atomic E-state index is 0.0342. The van der Waals surface area contributed by atoms with Gasteiger partial charge in [0.25, 0.3) is 0 Å². The summed E-state index contributed by atoms with van der Waals surface area (Å²) in [5.74, 6) is 0.935. The standard InChI is InChI=1S/C18H18BrNO/c1-11-7-8-15-13(9-11)10-16(21-15)18(20-3)14-6-4-5-12(2)17(14)19/h4-10,18,20H,1-3H3. The lowest BCUT2D eigenvalue weighted by Crippen LogP contribution is -2.17. The highest BCUT2D eigenvalue weighted by Gasteiger charge is 2.19. The molecule has 1 heterocycles. The number of rotatable bonds is 3. The van der Waals surface area contributed by atoms with Crippen LogP contribution in [0.1, 0.15) is 28.5 Å². The zero-order valence-electron chi connectivity index (χ0n) is 12.4. The molecule has 2 aromatic carbocycles. The summed E-state index contributed by atoms with van der Waals surface area (Å²) in [6.07, 6.45) is 0. The Hall–Kier alpha value is -1.58. The van der Waals surface area contributed by atoms with Gasteiger partial charge in [-0.25, -0.2) is 0 Å². The fourth-order valence-corrected chi connectivity index (χ4v) is 3.16. The van der Waals surface area contributed by atoms with Crippen LogP contribution in [0.25, 0.3) is 11.0 Å². The first kappa shape index (κ1) is 14.4. The normalized spacial score (nSPS) is 12.8. The fourth-order valence-electron chi connectivity index (χ4n) is 2.67. The number of halogens is 1. The van der Waals surface area contributed by atoms with Crippen molar-refractivity contribution in [1.82, 2.24) is 5.32 Å². The molecule has 0 bridgehead atoms.